The fraction of sp³-hybridized carbons (Fsp3) is 0.100. The minimum absolute atomic E-state index is 0.110. The highest BCUT2D eigenvalue weighted by Crippen LogP contribution is 2.27. The Morgan fingerprint density at radius 3 is 2.80 bits per heavy atom. The van der Waals surface area contributed by atoms with E-state index in [4.69, 9.17) is 21.4 Å². The topological polar surface area (TPSA) is 46.5 Å². The van der Waals surface area contributed by atoms with Crippen LogP contribution in [-0.4, -0.2) is 18.2 Å². The van der Waals surface area contributed by atoms with Crippen molar-refractivity contribution in [3.63, 3.8) is 0 Å². The smallest absolute Gasteiger partial charge is 0.328 e. The van der Waals surface area contributed by atoms with E-state index in [0.29, 0.717) is 5.75 Å². The zero-order valence-corrected chi connectivity index (χ0v) is 8.58. The summed E-state index contributed by atoms with van der Waals surface area (Å²) in [5, 5.41) is 8.52. The molecule has 0 heterocycles. The largest absolute Gasteiger partial charge is 0.495 e. The second-order valence-corrected chi connectivity index (χ2v) is 3.09. The molecule has 0 saturated heterocycles. The molecule has 0 fully saturated rings. The van der Waals surface area contributed by atoms with Crippen molar-refractivity contribution >= 4 is 23.6 Å². The quantitative estimate of drug-likeness (QED) is 0.812. The highest BCUT2D eigenvalue weighted by Gasteiger charge is 2.06. The van der Waals surface area contributed by atoms with E-state index in [1.165, 1.54) is 13.2 Å². The third-order valence-electron chi connectivity index (χ3n) is 1.68. The van der Waals surface area contributed by atoms with Gasteiger partial charge in [-0.1, -0.05) is 11.6 Å². The molecule has 80 valence electrons. The maximum atomic E-state index is 13.2. The summed E-state index contributed by atoms with van der Waals surface area (Å²) in [5.41, 5.74) is 0.110. The van der Waals surface area contributed by atoms with Crippen molar-refractivity contribution in [3.05, 3.63) is 34.6 Å². The zero-order valence-electron chi connectivity index (χ0n) is 7.83. The summed E-state index contributed by atoms with van der Waals surface area (Å²) in [6.07, 6.45) is 1.97. The van der Waals surface area contributed by atoms with Crippen molar-refractivity contribution in [2.45, 2.75) is 0 Å². The SMILES string of the molecule is COc1cc(/C=C/C(=O)O)c(F)cc1Cl. The first-order valence-corrected chi connectivity index (χ1v) is 4.36. The van der Waals surface area contributed by atoms with Crippen LogP contribution in [0.15, 0.2) is 18.2 Å². The fourth-order valence-electron chi connectivity index (χ4n) is 0.990. The summed E-state index contributed by atoms with van der Waals surface area (Å²) in [6, 6.07) is 2.40. The van der Waals surface area contributed by atoms with E-state index in [-0.39, 0.29) is 10.6 Å². The monoisotopic (exact) mass is 230 g/mol. The predicted molar refractivity (Wildman–Crippen MR) is 54.6 cm³/mol. The number of halogens is 2. The van der Waals surface area contributed by atoms with Crippen LogP contribution in [0.2, 0.25) is 5.02 Å². The van der Waals surface area contributed by atoms with Crippen LogP contribution in [0.5, 0.6) is 5.75 Å². The Kier molecular flexibility index (Phi) is 3.68. The second-order valence-electron chi connectivity index (χ2n) is 2.68. The number of hydrogen-bond donors (Lipinski definition) is 1. The van der Waals surface area contributed by atoms with Gasteiger partial charge in [0.2, 0.25) is 0 Å². The van der Waals surface area contributed by atoms with Gasteiger partial charge < -0.3 is 9.84 Å². The number of methoxy groups -OCH3 is 1. The molecule has 1 N–H and O–H groups in total. The Bertz CT molecular complexity index is 415. The fourth-order valence-corrected chi connectivity index (χ4v) is 1.22. The molecular formula is C10H8ClFO3. The Hall–Kier alpha value is -1.55. The van der Waals surface area contributed by atoms with Gasteiger partial charge in [-0.3, -0.25) is 0 Å². The lowest BCUT2D eigenvalue weighted by atomic mass is 10.2. The van der Waals surface area contributed by atoms with Gasteiger partial charge in [-0.15, -0.1) is 0 Å². The summed E-state index contributed by atoms with van der Waals surface area (Å²) < 4.78 is 18.1. The summed E-state index contributed by atoms with van der Waals surface area (Å²) in [7, 11) is 1.39. The van der Waals surface area contributed by atoms with Crippen molar-refractivity contribution in [2.75, 3.05) is 7.11 Å². The predicted octanol–water partition coefficient (Wildman–Crippen LogP) is 2.59. The van der Waals surface area contributed by atoms with Crippen molar-refractivity contribution < 1.29 is 19.0 Å². The normalized spacial score (nSPS) is 10.6. The van der Waals surface area contributed by atoms with Gasteiger partial charge >= 0.3 is 5.97 Å². The molecule has 0 bridgehead atoms. The highest BCUT2D eigenvalue weighted by molar-refractivity contribution is 6.32. The molecule has 0 aliphatic heterocycles. The van der Waals surface area contributed by atoms with Crippen LogP contribution in [-0.2, 0) is 4.79 Å². The molecule has 3 nitrogen and oxygen atoms in total. The molecule has 1 aromatic rings. The maximum Gasteiger partial charge on any atom is 0.328 e. The zero-order chi connectivity index (χ0) is 11.4. The van der Waals surface area contributed by atoms with Gasteiger partial charge in [0.15, 0.2) is 0 Å². The lowest BCUT2D eigenvalue weighted by Crippen LogP contribution is -1.91. The number of aliphatic carboxylic acids is 1. The average molecular weight is 231 g/mol. The molecular weight excluding hydrogens is 223 g/mol. The van der Waals surface area contributed by atoms with Crippen LogP contribution in [0.4, 0.5) is 4.39 Å². The van der Waals surface area contributed by atoms with Crippen molar-refractivity contribution in [1.29, 1.82) is 0 Å². The number of carbonyl (C=O) groups is 1. The van der Waals surface area contributed by atoms with Crippen molar-refractivity contribution in [3.8, 4) is 5.75 Å². The van der Waals surface area contributed by atoms with Crippen LogP contribution in [0.25, 0.3) is 6.08 Å². The minimum atomic E-state index is -1.15. The Morgan fingerprint density at radius 1 is 1.60 bits per heavy atom. The summed E-state index contributed by atoms with van der Waals surface area (Å²) in [6.45, 7) is 0. The first-order chi connectivity index (χ1) is 7.04. The molecule has 1 aromatic carbocycles. The third-order valence-corrected chi connectivity index (χ3v) is 1.97. The second kappa shape index (κ2) is 4.79. The Labute approximate surface area is 90.7 Å². The number of carboxylic acids is 1. The van der Waals surface area contributed by atoms with E-state index in [9.17, 15) is 9.18 Å². The van der Waals surface area contributed by atoms with Gasteiger partial charge in [-0.05, 0) is 18.2 Å². The molecule has 0 unspecified atom stereocenters. The molecule has 0 aliphatic rings. The van der Waals surface area contributed by atoms with Crippen molar-refractivity contribution in [1.82, 2.24) is 0 Å². The lowest BCUT2D eigenvalue weighted by Gasteiger charge is -2.04. The van der Waals surface area contributed by atoms with E-state index < -0.39 is 11.8 Å². The molecule has 5 heteroatoms. The van der Waals surface area contributed by atoms with E-state index >= 15 is 0 Å². The van der Waals surface area contributed by atoms with E-state index in [0.717, 1.165) is 18.2 Å². The molecule has 15 heavy (non-hydrogen) atoms. The molecule has 0 aliphatic carbocycles. The summed E-state index contributed by atoms with van der Waals surface area (Å²) >= 11 is 5.66. The molecule has 0 radical (unpaired) electrons. The van der Waals surface area contributed by atoms with Crippen LogP contribution in [0.1, 0.15) is 5.56 Å². The van der Waals surface area contributed by atoms with Crippen LogP contribution >= 0.6 is 11.6 Å². The number of benzene rings is 1. The number of hydrogen-bond acceptors (Lipinski definition) is 2. The number of rotatable bonds is 3. The van der Waals surface area contributed by atoms with Crippen LogP contribution < -0.4 is 4.74 Å². The van der Waals surface area contributed by atoms with Crippen molar-refractivity contribution in [2.24, 2.45) is 0 Å². The molecule has 0 amide bonds. The first kappa shape index (κ1) is 11.5. The number of carboxylic acid groups (broad SMARTS) is 1. The standard InChI is InChI=1S/C10H8ClFO3/c1-15-9-4-6(2-3-10(13)14)8(12)5-7(9)11/h2-5H,1H3,(H,13,14)/b3-2+. The average Bonchev–Trinajstić information content (AvgIpc) is 2.16. The van der Waals surface area contributed by atoms with E-state index in [1.54, 1.807) is 0 Å². The summed E-state index contributed by atoms with van der Waals surface area (Å²) in [4.78, 5) is 10.2. The molecule has 0 spiro atoms. The summed E-state index contributed by atoms with van der Waals surface area (Å²) in [5.74, 6) is -1.45. The van der Waals surface area contributed by atoms with Crippen LogP contribution in [0, 0.1) is 5.82 Å². The van der Waals surface area contributed by atoms with E-state index in [1.807, 2.05) is 0 Å². The van der Waals surface area contributed by atoms with Gasteiger partial charge in [-0.25, -0.2) is 9.18 Å². The Morgan fingerprint density at radius 2 is 2.27 bits per heavy atom. The lowest BCUT2D eigenvalue weighted by molar-refractivity contribution is -0.131. The molecule has 0 atom stereocenters. The van der Waals surface area contributed by atoms with Gasteiger partial charge in [0, 0.05) is 11.6 Å². The third kappa shape index (κ3) is 2.95. The first-order valence-electron chi connectivity index (χ1n) is 3.98. The van der Waals surface area contributed by atoms with E-state index in [2.05, 4.69) is 0 Å². The molecule has 1 rings (SSSR count). The van der Waals surface area contributed by atoms with Gasteiger partial charge in [-0.2, -0.15) is 0 Å². The van der Waals surface area contributed by atoms with Gasteiger partial charge in [0.05, 0.1) is 12.1 Å². The minimum Gasteiger partial charge on any atom is -0.495 e. The number of ether oxygens (including phenoxy) is 1. The maximum absolute atomic E-state index is 13.2. The molecule has 0 saturated carbocycles. The van der Waals surface area contributed by atoms with Crippen LogP contribution in [0.3, 0.4) is 0 Å². The Balaban J connectivity index is 3.13. The molecule has 0 aromatic heterocycles. The highest BCUT2D eigenvalue weighted by atomic mass is 35.5. The van der Waals surface area contributed by atoms with Gasteiger partial charge in [0.25, 0.3) is 0 Å². The van der Waals surface area contributed by atoms with Gasteiger partial charge in [0.1, 0.15) is 11.6 Å².